The molecule has 15 heteroatoms. The number of nitrogens with one attached hydrogen (secondary N) is 4. The van der Waals surface area contributed by atoms with Gasteiger partial charge in [-0.25, -0.2) is 4.98 Å². The largest absolute Gasteiger partial charge is 0.494 e. The molecule has 1 aliphatic carbocycles. The van der Waals surface area contributed by atoms with Crippen LogP contribution in [0.1, 0.15) is 37.1 Å². The summed E-state index contributed by atoms with van der Waals surface area (Å²) in [6.45, 7) is -3.32. The molecule has 206 valence electrons. The number of anilines is 3. The summed E-state index contributed by atoms with van der Waals surface area (Å²) in [5, 5.41) is 17.8. The lowest BCUT2D eigenvalue weighted by molar-refractivity contribution is -0.135. The van der Waals surface area contributed by atoms with Gasteiger partial charge in [-0.3, -0.25) is 29.3 Å². The number of amides is 5. The van der Waals surface area contributed by atoms with Crippen molar-refractivity contribution in [3.63, 3.8) is 0 Å². The Hall–Kier alpha value is -4.92. The third kappa shape index (κ3) is 5.58. The van der Waals surface area contributed by atoms with Gasteiger partial charge in [-0.2, -0.15) is 0 Å². The number of rotatable bonds is 8. The minimum Gasteiger partial charge on any atom is -0.494 e. The molecule has 0 bridgehead atoms. The second-order valence-corrected chi connectivity index (χ2v) is 9.91. The first-order valence-corrected chi connectivity index (χ1v) is 12.8. The molecule has 1 saturated carbocycles. The fourth-order valence-electron chi connectivity index (χ4n) is 3.95. The summed E-state index contributed by atoms with van der Waals surface area (Å²) in [5.74, 6) is -2.80. The number of ether oxygens (including phenoxy) is 1. The number of carbonyl (C=O) groups is 5. The second kappa shape index (κ2) is 11.1. The summed E-state index contributed by atoms with van der Waals surface area (Å²) in [6.07, 6.45) is 2.84. The van der Waals surface area contributed by atoms with E-state index in [9.17, 15) is 24.0 Å². The number of thiazole rings is 1. The van der Waals surface area contributed by atoms with E-state index in [0.29, 0.717) is 16.3 Å². The van der Waals surface area contributed by atoms with Gasteiger partial charge in [0.15, 0.2) is 17.3 Å². The number of benzene rings is 1. The molecule has 1 aromatic carbocycles. The van der Waals surface area contributed by atoms with Crippen molar-refractivity contribution in [2.75, 3.05) is 37.8 Å². The first-order chi connectivity index (χ1) is 20.4. The molecule has 2 aliphatic rings. The van der Waals surface area contributed by atoms with Gasteiger partial charge in [0, 0.05) is 23.1 Å². The van der Waals surface area contributed by atoms with Crippen LogP contribution in [0.25, 0.3) is 10.6 Å². The fraction of sp³-hybridized carbons (Fsp3) is 0.280. The molecule has 5 amide bonds. The van der Waals surface area contributed by atoms with Crippen molar-refractivity contribution in [1.29, 1.82) is 0 Å². The molecule has 2 aromatic heterocycles. The SMILES string of the molecule is [2H]C([2H])([2H])NC(=O)c1nnc(NC(=O)C2CC2)cc1Nc1cccc(-c2ncc(C(=O)N3CC(=O)NC(=O)C3)s2)c1OC. The average Bonchev–Trinajstić information content (AvgIpc) is 3.68. The maximum absolute atomic E-state index is 13.0. The maximum atomic E-state index is 13.0. The van der Waals surface area contributed by atoms with Crippen molar-refractivity contribution in [3.8, 4) is 16.3 Å². The van der Waals surface area contributed by atoms with E-state index in [-0.39, 0.29) is 52.7 Å². The summed E-state index contributed by atoms with van der Waals surface area (Å²) in [7, 11) is 1.40. The van der Waals surface area contributed by atoms with Crippen LogP contribution < -0.4 is 26.0 Å². The van der Waals surface area contributed by atoms with Crippen molar-refractivity contribution >= 4 is 58.1 Å². The van der Waals surface area contributed by atoms with E-state index in [1.165, 1.54) is 19.4 Å². The van der Waals surface area contributed by atoms with E-state index < -0.39 is 30.6 Å². The van der Waals surface area contributed by atoms with Gasteiger partial charge in [0.05, 0.1) is 30.2 Å². The zero-order chi connectivity index (χ0) is 30.9. The van der Waals surface area contributed by atoms with Gasteiger partial charge in [0.1, 0.15) is 23.0 Å². The highest BCUT2D eigenvalue weighted by atomic mass is 32.1. The molecule has 0 unspecified atom stereocenters. The highest BCUT2D eigenvalue weighted by Gasteiger charge is 2.31. The van der Waals surface area contributed by atoms with Crippen LogP contribution in [0.5, 0.6) is 5.75 Å². The quantitative estimate of drug-likeness (QED) is 0.288. The second-order valence-electron chi connectivity index (χ2n) is 8.88. The summed E-state index contributed by atoms with van der Waals surface area (Å²) in [4.78, 5) is 67.1. The molecule has 1 saturated heterocycles. The van der Waals surface area contributed by atoms with Gasteiger partial charge in [-0.05, 0) is 25.0 Å². The summed E-state index contributed by atoms with van der Waals surface area (Å²) < 4.78 is 27.8. The minimum atomic E-state index is -2.79. The standard InChI is InChI=1S/C25H24N8O6S/c1-26-23(37)20-15(8-17(31-32-20)29-22(36)12-6-7-12)28-14-5-3-4-13(21(14)39-2)24-27-9-16(40-24)25(38)33-10-18(34)30-19(35)11-33/h3-5,8-9,12H,6-7,10-11H2,1-2H3,(H,26,37)(H,30,34,35)(H2,28,29,31,36)/i1D3. The Bertz CT molecular complexity index is 1630. The Morgan fingerprint density at radius 1 is 1.15 bits per heavy atom. The number of methoxy groups -OCH3 is 1. The van der Waals surface area contributed by atoms with Gasteiger partial charge < -0.3 is 25.6 Å². The molecule has 40 heavy (non-hydrogen) atoms. The zero-order valence-corrected chi connectivity index (χ0v) is 21.8. The lowest BCUT2D eigenvalue weighted by Gasteiger charge is -2.24. The molecule has 0 atom stereocenters. The van der Waals surface area contributed by atoms with Crippen molar-refractivity contribution in [1.82, 2.24) is 30.7 Å². The van der Waals surface area contributed by atoms with Crippen molar-refractivity contribution in [2.45, 2.75) is 12.8 Å². The summed E-state index contributed by atoms with van der Waals surface area (Å²) in [6, 6.07) is 6.31. The molecule has 14 nitrogen and oxygen atoms in total. The molecular weight excluding hydrogens is 540 g/mol. The highest BCUT2D eigenvalue weighted by molar-refractivity contribution is 7.17. The average molecular weight is 568 g/mol. The third-order valence-electron chi connectivity index (χ3n) is 5.99. The third-order valence-corrected chi connectivity index (χ3v) is 7.01. The van der Waals surface area contributed by atoms with E-state index in [4.69, 9.17) is 8.85 Å². The Morgan fingerprint density at radius 3 is 2.62 bits per heavy atom. The lowest BCUT2D eigenvalue weighted by atomic mass is 10.1. The van der Waals surface area contributed by atoms with Crippen LogP contribution in [-0.2, 0) is 14.4 Å². The van der Waals surface area contributed by atoms with Gasteiger partial charge in [0.25, 0.3) is 11.8 Å². The highest BCUT2D eigenvalue weighted by Crippen LogP contribution is 2.40. The fourth-order valence-corrected chi connectivity index (χ4v) is 4.86. The van der Waals surface area contributed by atoms with Crippen LogP contribution in [-0.4, -0.2) is 76.8 Å². The molecule has 1 aliphatic heterocycles. The molecule has 3 aromatic rings. The lowest BCUT2D eigenvalue weighted by Crippen LogP contribution is -2.53. The van der Waals surface area contributed by atoms with Crippen molar-refractivity contribution < 1.29 is 32.8 Å². The van der Waals surface area contributed by atoms with E-state index in [1.807, 2.05) is 5.32 Å². The summed E-state index contributed by atoms with van der Waals surface area (Å²) in [5.41, 5.74) is 0.454. The zero-order valence-electron chi connectivity index (χ0n) is 23.9. The smallest absolute Gasteiger partial charge is 0.273 e. The van der Waals surface area contributed by atoms with Crippen LogP contribution in [0.4, 0.5) is 17.2 Å². The van der Waals surface area contributed by atoms with Gasteiger partial charge >= 0.3 is 0 Å². The van der Waals surface area contributed by atoms with Crippen LogP contribution in [0, 0.1) is 5.92 Å². The van der Waals surface area contributed by atoms with E-state index in [1.54, 1.807) is 18.2 Å². The normalized spacial score (nSPS) is 16.2. The van der Waals surface area contributed by atoms with Gasteiger partial charge in [-0.15, -0.1) is 21.5 Å². The van der Waals surface area contributed by atoms with Crippen molar-refractivity contribution in [2.24, 2.45) is 5.92 Å². The molecular formula is C25H24N8O6S. The summed E-state index contributed by atoms with van der Waals surface area (Å²) >= 11 is 1.02. The molecule has 0 spiro atoms. The van der Waals surface area contributed by atoms with Gasteiger partial charge in [-0.1, -0.05) is 6.07 Å². The van der Waals surface area contributed by atoms with E-state index in [2.05, 4.69) is 31.1 Å². The Morgan fingerprint density at radius 2 is 1.93 bits per heavy atom. The topological polar surface area (TPSA) is 185 Å². The van der Waals surface area contributed by atoms with Gasteiger partial charge in [0.2, 0.25) is 17.7 Å². The number of hydrogen-bond donors (Lipinski definition) is 4. The van der Waals surface area contributed by atoms with E-state index in [0.717, 1.165) is 29.1 Å². The van der Waals surface area contributed by atoms with Crippen molar-refractivity contribution in [3.05, 3.63) is 41.0 Å². The predicted molar refractivity (Wildman–Crippen MR) is 143 cm³/mol. The Kier molecular flexibility index (Phi) is 6.36. The molecule has 3 heterocycles. The van der Waals surface area contributed by atoms with Crippen LogP contribution in [0.15, 0.2) is 30.5 Å². The van der Waals surface area contributed by atoms with Crippen LogP contribution in [0.3, 0.4) is 0 Å². The number of piperazine rings is 1. The molecule has 5 rings (SSSR count). The molecule has 4 N–H and O–H groups in total. The number of aromatic nitrogens is 3. The Labute approximate surface area is 235 Å². The van der Waals surface area contributed by atoms with E-state index >= 15 is 0 Å². The number of imide groups is 1. The minimum absolute atomic E-state index is 0.0290. The first-order valence-electron chi connectivity index (χ1n) is 13.4. The number of nitrogens with zero attached hydrogens (tertiary/aromatic N) is 4. The van der Waals surface area contributed by atoms with Crippen LogP contribution >= 0.6 is 11.3 Å². The molecule has 2 fully saturated rings. The number of para-hydroxylation sites is 1. The van der Waals surface area contributed by atoms with Crippen LogP contribution in [0.2, 0.25) is 0 Å². The Balaban J connectivity index is 1.45. The number of carbonyl (C=O) groups excluding carboxylic acids is 5. The first kappa shape index (κ1) is 23.0. The molecule has 0 radical (unpaired) electrons. The number of hydrogen-bond acceptors (Lipinski definition) is 11. The predicted octanol–water partition coefficient (Wildman–Crippen LogP) is 1.16. The monoisotopic (exact) mass is 567 g/mol. The maximum Gasteiger partial charge on any atom is 0.273 e.